The van der Waals surface area contributed by atoms with Crippen LogP contribution < -0.4 is 9.47 Å². The van der Waals surface area contributed by atoms with Crippen molar-refractivity contribution in [2.24, 2.45) is 0 Å². The molecule has 1 aliphatic carbocycles. The summed E-state index contributed by atoms with van der Waals surface area (Å²) in [5.41, 5.74) is 2.79. The fourth-order valence-electron chi connectivity index (χ4n) is 3.68. The molecule has 0 unspecified atom stereocenters. The maximum Gasteiger partial charge on any atom is 0.231 e. The van der Waals surface area contributed by atoms with Crippen molar-refractivity contribution < 1.29 is 14.2 Å². The van der Waals surface area contributed by atoms with Crippen molar-refractivity contribution in [3.8, 4) is 11.5 Å². The minimum atomic E-state index is 0.310. The van der Waals surface area contributed by atoms with Gasteiger partial charge in [-0.25, -0.2) is 0 Å². The van der Waals surface area contributed by atoms with E-state index in [-0.39, 0.29) is 0 Å². The van der Waals surface area contributed by atoms with Gasteiger partial charge in [-0.2, -0.15) is 0 Å². The lowest BCUT2D eigenvalue weighted by Crippen LogP contribution is -2.42. The van der Waals surface area contributed by atoms with E-state index < -0.39 is 0 Å². The topological polar surface area (TPSA) is 30.9 Å². The normalized spacial score (nSPS) is 19.4. The summed E-state index contributed by atoms with van der Waals surface area (Å²) in [4.78, 5) is 2.61. The van der Waals surface area contributed by atoms with Crippen LogP contribution >= 0.6 is 0 Å². The van der Waals surface area contributed by atoms with Gasteiger partial charge >= 0.3 is 0 Å². The zero-order valence-electron chi connectivity index (χ0n) is 14.6. The van der Waals surface area contributed by atoms with Gasteiger partial charge in [0, 0.05) is 18.2 Å². The molecule has 0 N–H and O–H groups in total. The Morgan fingerprint density at radius 1 is 1.26 bits per heavy atom. The number of hydrogen-bond acceptors (Lipinski definition) is 4. The van der Waals surface area contributed by atoms with Crippen molar-refractivity contribution in [3.63, 3.8) is 0 Å². The number of hydrogen-bond donors (Lipinski definition) is 0. The molecule has 0 bridgehead atoms. The van der Waals surface area contributed by atoms with E-state index in [2.05, 4.69) is 37.8 Å². The van der Waals surface area contributed by atoms with Crippen LogP contribution in [0.15, 0.2) is 12.1 Å². The average Bonchev–Trinajstić information content (AvgIpc) is 3.02. The van der Waals surface area contributed by atoms with Gasteiger partial charge in [0.05, 0.1) is 12.7 Å². The quantitative estimate of drug-likeness (QED) is 0.770. The molecule has 0 aromatic heterocycles. The molecule has 0 fully saturated rings. The Morgan fingerprint density at radius 2 is 2.13 bits per heavy atom. The summed E-state index contributed by atoms with van der Waals surface area (Å²) in [6.45, 7) is 9.81. The molecule has 4 nitrogen and oxygen atoms in total. The smallest absolute Gasteiger partial charge is 0.231 e. The predicted molar refractivity (Wildman–Crippen MR) is 91.3 cm³/mol. The minimum Gasteiger partial charge on any atom is -0.454 e. The molecule has 128 valence electrons. The van der Waals surface area contributed by atoms with Crippen LogP contribution in [0.25, 0.3) is 0 Å². The summed E-state index contributed by atoms with van der Waals surface area (Å²) in [6.07, 6.45) is 4.87. The summed E-state index contributed by atoms with van der Waals surface area (Å²) in [7, 11) is 0. The van der Waals surface area contributed by atoms with E-state index in [0.717, 1.165) is 44.0 Å². The van der Waals surface area contributed by atoms with Crippen molar-refractivity contribution in [1.29, 1.82) is 0 Å². The highest BCUT2D eigenvalue weighted by molar-refractivity contribution is 5.53. The van der Waals surface area contributed by atoms with Gasteiger partial charge in [-0.05, 0) is 57.7 Å². The largest absolute Gasteiger partial charge is 0.454 e. The molecule has 4 heteroatoms. The molecule has 0 radical (unpaired) electrons. The Morgan fingerprint density at radius 3 is 2.91 bits per heavy atom. The molecule has 3 rings (SSSR count). The van der Waals surface area contributed by atoms with Crippen LogP contribution in [0.4, 0.5) is 0 Å². The van der Waals surface area contributed by atoms with Crippen molar-refractivity contribution in [3.05, 3.63) is 23.3 Å². The first-order valence-electron chi connectivity index (χ1n) is 8.95. The van der Waals surface area contributed by atoms with Crippen molar-refractivity contribution >= 4 is 0 Å². The number of nitrogens with zero attached hydrogens (tertiary/aromatic N) is 1. The summed E-state index contributed by atoms with van der Waals surface area (Å²) in [5, 5.41) is 0. The van der Waals surface area contributed by atoms with Crippen LogP contribution in [-0.2, 0) is 17.6 Å². The fraction of sp³-hybridized carbons (Fsp3) is 0.684. The van der Waals surface area contributed by atoms with E-state index in [9.17, 15) is 0 Å². The molecule has 0 saturated carbocycles. The van der Waals surface area contributed by atoms with Crippen LogP contribution in [0.1, 0.15) is 44.7 Å². The van der Waals surface area contributed by atoms with Crippen LogP contribution in [0.3, 0.4) is 0 Å². The second kappa shape index (κ2) is 7.54. The van der Waals surface area contributed by atoms with E-state index in [1.807, 2.05) is 0 Å². The zero-order valence-corrected chi connectivity index (χ0v) is 14.6. The summed E-state index contributed by atoms with van der Waals surface area (Å²) in [6, 6.07) is 4.90. The third-order valence-corrected chi connectivity index (χ3v) is 4.78. The van der Waals surface area contributed by atoms with Gasteiger partial charge in [-0.15, -0.1) is 0 Å². The molecular weight excluding hydrogens is 290 g/mol. The van der Waals surface area contributed by atoms with Crippen molar-refractivity contribution in [2.75, 3.05) is 26.5 Å². The lowest BCUT2D eigenvalue weighted by Gasteiger charge is -2.35. The molecule has 1 aromatic rings. The molecule has 0 spiro atoms. The van der Waals surface area contributed by atoms with Crippen LogP contribution in [-0.4, -0.2) is 43.5 Å². The summed E-state index contributed by atoms with van der Waals surface area (Å²) < 4.78 is 16.9. The molecule has 1 aromatic carbocycles. The maximum absolute atomic E-state index is 5.76. The molecule has 0 amide bonds. The summed E-state index contributed by atoms with van der Waals surface area (Å²) in [5.74, 6) is 1.91. The highest BCUT2D eigenvalue weighted by Gasteiger charge is 2.28. The van der Waals surface area contributed by atoms with E-state index in [1.54, 1.807) is 0 Å². The van der Waals surface area contributed by atoms with Gasteiger partial charge in [0.15, 0.2) is 11.5 Å². The predicted octanol–water partition coefficient (Wildman–Crippen LogP) is 3.41. The first-order chi connectivity index (χ1) is 11.2. The number of fused-ring (bicyclic) bond motifs is 3. The average molecular weight is 319 g/mol. The fourth-order valence-corrected chi connectivity index (χ4v) is 3.68. The molecule has 0 saturated heterocycles. The Kier molecular flexibility index (Phi) is 5.44. The van der Waals surface area contributed by atoms with Gasteiger partial charge in [0.2, 0.25) is 6.79 Å². The number of ether oxygens (including phenoxy) is 3. The Bertz CT molecular complexity index is 530. The van der Waals surface area contributed by atoms with Gasteiger partial charge in [-0.1, -0.05) is 13.0 Å². The number of benzene rings is 1. The standard InChI is InChI=1S/C19H29NO3/c1-4-9-20(10-11-21-14(2)3)16-6-7-17-15(12-16)5-8-18-19(17)23-13-22-18/h5,8,14,16H,4,6-7,9-13H2,1-3H3/t16-/m0/s1. The molecule has 1 aliphatic heterocycles. The molecule has 1 heterocycles. The van der Waals surface area contributed by atoms with Gasteiger partial charge < -0.3 is 14.2 Å². The SMILES string of the molecule is CCCN(CCOC(C)C)[C@H]1CCc2c(ccc3c2OCO3)C1. The van der Waals surface area contributed by atoms with Gasteiger partial charge in [-0.3, -0.25) is 4.90 Å². The monoisotopic (exact) mass is 319 g/mol. The Labute approximate surface area is 139 Å². The molecule has 2 aliphatic rings. The van der Waals surface area contributed by atoms with Crippen LogP contribution in [0.5, 0.6) is 11.5 Å². The molecular formula is C19H29NO3. The highest BCUT2D eigenvalue weighted by atomic mass is 16.7. The second-order valence-corrected chi connectivity index (χ2v) is 6.79. The molecule has 23 heavy (non-hydrogen) atoms. The highest BCUT2D eigenvalue weighted by Crippen LogP contribution is 2.41. The second-order valence-electron chi connectivity index (χ2n) is 6.79. The van der Waals surface area contributed by atoms with Crippen molar-refractivity contribution in [1.82, 2.24) is 4.90 Å². The summed E-state index contributed by atoms with van der Waals surface area (Å²) >= 11 is 0. The van der Waals surface area contributed by atoms with E-state index in [0.29, 0.717) is 18.9 Å². The van der Waals surface area contributed by atoms with Crippen LogP contribution in [0, 0.1) is 0 Å². The lowest BCUT2D eigenvalue weighted by molar-refractivity contribution is 0.0465. The maximum atomic E-state index is 5.76. The van der Waals surface area contributed by atoms with E-state index >= 15 is 0 Å². The minimum absolute atomic E-state index is 0.310. The van der Waals surface area contributed by atoms with E-state index in [4.69, 9.17) is 14.2 Å². The Hall–Kier alpha value is -1.26. The first-order valence-corrected chi connectivity index (χ1v) is 8.95. The third kappa shape index (κ3) is 3.81. The van der Waals surface area contributed by atoms with E-state index in [1.165, 1.54) is 24.0 Å². The van der Waals surface area contributed by atoms with Gasteiger partial charge in [0.25, 0.3) is 0 Å². The Balaban J connectivity index is 1.66. The first kappa shape index (κ1) is 16.6. The zero-order chi connectivity index (χ0) is 16.2. The lowest BCUT2D eigenvalue weighted by atomic mass is 9.86. The third-order valence-electron chi connectivity index (χ3n) is 4.78. The van der Waals surface area contributed by atoms with Gasteiger partial charge in [0.1, 0.15) is 0 Å². The number of rotatable bonds is 7. The van der Waals surface area contributed by atoms with Crippen LogP contribution in [0.2, 0.25) is 0 Å². The van der Waals surface area contributed by atoms with Crippen molar-refractivity contribution in [2.45, 2.75) is 58.6 Å². The molecule has 1 atom stereocenters.